The van der Waals surface area contributed by atoms with E-state index in [2.05, 4.69) is 15.6 Å². The second-order valence-electron chi connectivity index (χ2n) is 7.92. The van der Waals surface area contributed by atoms with Crippen LogP contribution in [0.2, 0.25) is 5.02 Å². The predicted molar refractivity (Wildman–Crippen MR) is 119 cm³/mol. The lowest BCUT2D eigenvalue weighted by Gasteiger charge is -2.16. The van der Waals surface area contributed by atoms with E-state index >= 15 is 0 Å². The molecule has 5 rings (SSSR count). The van der Waals surface area contributed by atoms with Gasteiger partial charge in [0.1, 0.15) is 5.82 Å². The van der Waals surface area contributed by atoms with Gasteiger partial charge in [-0.25, -0.2) is 9.97 Å². The van der Waals surface area contributed by atoms with Gasteiger partial charge in [-0.15, -0.1) is 0 Å². The van der Waals surface area contributed by atoms with Crippen molar-refractivity contribution < 1.29 is 14.3 Å². The van der Waals surface area contributed by atoms with Crippen molar-refractivity contribution in [3.05, 3.63) is 52.8 Å². The quantitative estimate of drug-likeness (QED) is 0.599. The maximum absolute atomic E-state index is 12.5. The van der Waals surface area contributed by atoms with Crippen molar-refractivity contribution in [1.29, 1.82) is 0 Å². The Hall–Kier alpha value is -3.06. The molecule has 0 unspecified atom stereocenters. The minimum absolute atomic E-state index is 0.107. The summed E-state index contributed by atoms with van der Waals surface area (Å²) in [5.41, 5.74) is 1.67. The number of hydrogen-bond acceptors (Lipinski definition) is 6. The number of fused-ring (bicyclic) bond motifs is 2. The number of anilines is 1. The van der Waals surface area contributed by atoms with Gasteiger partial charge < -0.3 is 20.1 Å². The fourth-order valence-electron chi connectivity index (χ4n) is 4.08. The number of amides is 1. The Labute approximate surface area is 185 Å². The first kappa shape index (κ1) is 19.9. The topological polar surface area (TPSA) is 85.4 Å². The minimum atomic E-state index is -0.107. The van der Waals surface area contributed by atoms with E-state index in [9.17, 15) is 4.79 Å². The molecule has 2 heterocycles. The molecule has 2 aliphatic rings. The number of aromatic nitrogens is 2. The van der Waals surface area contributed by atoms with Gasteiger partial charge in [-0.2, -0.15) is 0 Å². The number of hydrogen-bond donors (Lipinski definition) is 2. The monoisotopic (exact) mass is 438 g/mol. The Morgan fingerprint density at radius 3 is 2.77 bits per heavy atom. The molecule has 31 heavy (non-hydrogen) atoms. The third-order valence-electron chi connectivity index (χ3n) is 5.65. The van der Waals surface area contributed by atoms with E-state index in [4.69, 9.17) is 26.1 Å². The fraction of sp³-hybridized carbons (Fsp3) is 0.348. The molecule has 1 aliphatic heterocycles. The summed E-state index contributed by atoms with van der Waals surface area (Å²) in [6.45, 7) is 0.466. The van der Waals surface area contributed by atoms with Crippen molar-refractivity contribution in [2.24, 2.45) is 0 Å². The molecule has 2 aromatic carbocycles. The molecule has 7 nitrogen and oxygen atoms in total. The Morgan fingerprint density at radius 2 is 1.90 bits per heavy atom. The van der Waals surface area contributed by atoms with Gasteiger partial charge in [-0.1, -0.05) is 30.5 Å². The maximum atomic E-state index is 12.5. The number of carbonyl (C=O) groups excluding carboxylic acids is 1. The first-order chi connectivity index (χ1) is 15.1. The molecule has 1 saturated carbocycles. The van der Waals surface area contributed by atoms with Crippen LogP contribution in [0.1, 0.15) is 37.1 Å². The highest BCUT2D eigenvalue weighted by molar-refractivity contribution is 6.31. The number of benzene rings is 2. The summed E-state index contributed by atoms with van der Waals surface area (Å²) in [7, 11) is 0. The Balaban J connectivity index is 1.30. The van der Waals surface area contributed by atoms with Gasteiger partial charge in [0.2, 0.25) is 12.7 Å². The van der Waals surface area contributed by atoms with Gasteiger partial charge in [-0.3, -0.25) is 4.79 Å². The van der Waals surface area contributed by atoms with Crippen molar-refractivity contribution in [2.45, 2.75) is 44.7 Å². The lowest BCUT2D eigenvalue weighted by atomic mass is 10.1. The molecule has 8 heteroatoms. The summed E-state index contributed by atoms with van der Waals surface area (Å²) < 4.78 is 10.7. The van der Waals surface area contributed by atoms with Crippen LogP contribution in [0.15, 0.2) is 36.4 Å². The molecule has 3 aromatic rings. The van der Waals surface area contributed by atoms with E-state index in [0.29, 0.717) is 28.4 Å². The van der Waals surface area contributed by atoms with Crippen molar-refractivity contribution in [1.82, 2.24) is 15.3 Å². The Kier molecular flexibility index (Phi) is 5.51. The fourth-order valence-corrected chi connectivity index (χ4v) is 4.25. The molecule has 0 atom stereocenters. The number of halogens is 1. The summed E-state index contributed by atoms with van der Waals surface area (Å²) in [6.07, 6.45) is 4.96. The van der Waals surface area contributed by atoms with Crippen molar-refractivity contribution in [3.8, 4) is 11.5 Å². The van der Waals surface area contributed by atoms with E-state index in [-0.39, 0.29) is 25.7 Å². The van der Waals surface area contributed by atoms with Crippen LogP contribution in [0, 0.1) is 0 Å². The normalized spacial score (nSPS) is 15.4. The minimum Gasteiger partial charge on any atom is -0.454 e. The first-order valence-electron chi connectivity index (χ1n) is 10.5. The number of ether oxygens (including phenoxy) is 2. The van der Waals surface area contributed by atoms with Crippen LogP contribution in [0.3, 0.4) is 0 Å². The van der Waals surface area contributed by atoms with E-state index in [0.717, 1.165) is 35.1 Å². The van der Waals surface area contributed by atoms with E-state index in [1.165, 1.54) is 12.8 Å². The van der Waals surface area contributed by atoms with E-state index in [1.807, 2.05) is 36.4 Å². The van der Waals surface area contributed by atoms with Crippen LogP contribution in [0.4, 0.5) is 5.82 Å². The first-order valence-corrected chi connectivity index (χ1v) is 10.9. The molecule has 160 valence electrons. The molecule has 1 amide bonds. The summed E-state index contributed by atoms with van der Waals surface area (Å²) in [5, 5.41) is 8.02. The third kappa shape index (κ3) is 4.51. The van der Waals surface area contributed by atoms with Crippen LogP contribution in [0.25, 0.3) is 10.9 Å². The van der Waals surface area contributed by atoms with Crippen molar-refractivity contribution in [3.63, 3.8) is 0 Å². The van der Waals surface area contributed by atoms with Crippen LogP contribution in [-0.4, -0.2) is 28.7 Å². The zero-order valence-electron chi connectivity index (χ0n) is 17.0. The summed E-state index contributed by atoms with van der Waals surface area (Å²) in [6, 6.07) is 11.5. The molecule has 1 fully saturated rings. The number of rotatable bonds is 6. The smallest absolute Gasteiger partial charge is 0.231 e. The number of carbonyl (C=O) groups is 1. The van der Waals surface area contributed by atoms with E-state index < -0.39 is 0 Å². The largest absolute Gasteiger partial charge is 0.454 e. The molecule has 0 saturated heterocycles. The molecule has 0 radical (unpaired) electrons. The van der Waals surface area contributed by atoms with Crippen LogP contribution in [-0.2, 0) is 17.8 Å². The van der Waals surface area contributed by atoms with Crippen LogP contribution < -0.4 is 20.1 Å². The van der Waals surface area contributed by atoms with Gasteiger partial charge in [0.05, 0.1) is 18.5 Å². The third-order valence-corrected chi connectivity index (χ3v) is 5.88. The highest BCUT2D eigenvalue weighted by Gasteiger charge is 2.18. The van der Waals surface area contributed by atoms with Gasteiger partial charge >= 0.3 is 0 Å². The van der Waals surface area contributed by atoms with Crippen LogP contribution >= 0.6 is 11.6 Å². The molecular formula is C23H23ClN4O3. The summed E-state index contributed by atoms with van der Waals surface area (Å²) in [5.74, 6) is 2.61. The lowest BCUT2D eigenvalue weighted by Crippen LogP contribution is -2.26. The van der Waals surface area contributed by atoms with E-state index in [1.54, 1.807) is 0 Å². The Morgan fingerprint density at radius 1 is 1.06 bits per heavy atom. The molecular weight excluding hydrogens is 416 g/mol. The number of nitrogens with zero attached hydrogens (tertiary/aromatic N) is 2. The molecule has 1 aliphatic carbocycles. The molecule has 0 bridgehead atoms. The number of nitrogens with one attached hydrogen (secondary N) is 2. The van der Waals surface area contributed by atoms with Gasteiger partial charge in [-0.05, 0) is 48.7 Å². The predicted octanol–water partition coefficient (Wildman–Crippen LogP) is 4.23. The average Bonchev–Trinajstić information content (AvgIpc) is 3.44. The maximum Gasteiger partial charge on any atom is 0.231 e. The Bertz CT molecular complexity index is 1130. The highest BCUT2D eigenvalue weighted by Crippen LogP contribution is 2.32. The second kappa shape index (κ2) is 8.59. The van der Waals surface area contributed by atoms with Gasteiger partial charge in [0.25, 0.3) is 0 Å². The molecule has 2 N–H and O–H groups in total. The zero-order valence-corrected chi connectivity index (χ0v) is 17.7. The highest BCUT2D eigenvalue weighted by atomic mass is 35.5. The van der Waals surface area contributed by atoms with Gasteiger partial charge in [0, 0.05) is 16.5 Å². The summed E-state index contributed by atoms with van der Waals surface area (Å²) in [4.78, 5) is 21.8. The van der Waals surface area contributed by atoms with Crippen molar-refractivity contribution in [2.75, 3.05) is 12.1 Å². The SMILES string of the molecule is O=C(Cc1ccc2c(c1)OCO2)NCc1nc(NC2CCCC2)c2cc(Cl)ccc2n1. The lowest BCUT2D eigenvalue weighted by molar-refractivity contribution is -0.120. The average molecular weight is 439 g/mol. The standard InChI is InChI=1S/C23H23ClN4O3/c24-15-6-7-18-17(11-15)23(26-16-3-1-2-4-16)28-21(27-18)12-25-22(29)10-14-5-8-19-20(9-14)31-13-30-19/h5-9,11,16H,1-4,10,12-13H2,(H,25,29)(H,26,27,28). The summed E-state index contributed by atoms with van der Waals surface area (Å²) >= 11 is 6.20. The second-order valence-corrected chi connectivity index (χ2v) is 8.35. The molecule has 1 aromatic heterocycles. The van der Waals surface area contributed by atoms with Crippen molar-refractivity contribution >= 4 is 34.2 Å². The van der Waals surface area contributed by atoms with Gasteiger partial charge in [0.15, 0.2) is 17.3 Å². The van der Waals surface area contributed by atoms with Crippen LogP contribution in [0.5, 0.6) is 11.5 Å². The zero-order chi connectivity index (χ0) is 21.2. The molecule has 0 spiro atoms.